The summed E-state index contributed by atoms with van der Waals surface area (Å²) in [6, 6.07) is 11.7. The van der Waals surface area contributed by atoms with Gasteiger partial charge in [0, 0.05) is 18.9 Å². The Morgan fingerprint density at radius 3 is 2.86 bits per heavy atom. The fourth-order valence-electron chi connectivity index (χ4n) is 2.71. The van der Waals surface area contributed by atoms with Gasteiger partial charge in [-0.3, -0.25) is 9.78 Å². The van der Waals surface area contributed by atoms with E-state index in [-0.39, 0.29) is 5.56 Å². The van der Waals surface area contributed by atoms with E-state index in [1.54, 1.807) is 19.5 Å². The van der Waals surface area contributed by atoms with Crippen LogP contribution >= 0.6 is 15.9 Å². The fourth-order valence-corrected chi connectivity index (χ4v) is 3.10. The Hall–Kier alpha value is -2.87. The van der Waals surface area contributed by atoms with Gasteiger partial charge in [-0.2, -0.15) is 0 Å². The first kappa shape index (κ1) is 19.9. The quantitative estimate of drug-likeness (QED) is 0.490. The van der Waals surface area contributed by atoms with E-state index in [2.05, 4.69) is 36.4 Å². The van der Waals surface area contributed by atoms with Gasteiger partial charge in [0.25, 0.3) is 11.4 Å². The minimum atomic E-state index is -0.324. The zero-order valence-corrected chi connectivity index (χ0v) is 17.0. The topological polar surface area (TPSA) is 89.1 Å². The number of aromatic amines is 1. The van der Waals surface area contributed by atoms with Gasteiger partial charge in [-0.05, 0) is 52.0 Å². The van der Waals surface area contributed by atoms with Gasteiger partial charge in [-0.25, -0.2) is 5.10 Å². The number of ether oxygens (including phenoxy) is 2. The van der Waals surface area contributed by atoms with Gasteiger partial charge in [-0.15, -0.1) is 5.10 Å². The van der Waals surface area contributed by atoms with Crippen LogP contribution < -0.4 is 20.3 Å². The molecule has 0 amide bonds. The molecule has 0 unspecified atom stereocenters. The number of H-pyrrole nitrogens is 1. The lowest BCUT2D eigenvalue weighted by molar-refractivity contribution is 0.296. The van der Waals surface area contributed by atoms with Crippen LogP contribution in [0.15, 0.2) is 58.1 Å². The number of methoxy groups -OCH3 is 1. The van der Waals surface area contributed by atoms with Crippen LogP contribution in [0, 0.1) is 0 Å². The summed E-state index contributed by atoms with van der Waals surface area (Å²) in [6.07, 6.45) is 5.06. The molecule has 0 radical (unpaired) electrons. The average molecular weight is 445 g/mol. The number of nitrogens with one attached hydrogen (secondary N) is 2. The maximum Gasteiger partial charge on any atom is 0.280 e. The molecule has 2 aromatic heterocycles. The molecule has 0 aliphatic carbocycles. The largest absolute Gasteiger partial charge is 0.496 e. The Bertz CT molecular complexity index is 963. The lowest BCUT2D eigenvalue weighted by atomic mass is 10.1. The van der Waals surface area contributed by atoms with E-state index in [0.29, 0.717) is 29.2 Å². The van der Waals surface area contributed by atoms with Crippen molar-refractivity contribution in [3.8, 4) is 11.6 Å². The normalized spacial score (nSPS) is 10.5. The van der Waals surface area contributed by atoms with Gasteiger partial charge in [0.15, 0.2) is 0 Å². The molecule has 3 aromatic rings. The Morgan fingerprint density at radius 2 is 2.07 bits per heavy atom. The third-order valence-corrected chi connectivity index (χ3v) is 4.86. The monoisotopic (exact) mass is 444 g/mol. The Morgan fingerprint density at radius 1 is 1.21 bits per heavy atom. The first-order valence-corrected chi connectivity index (χ1v) is 9.64. The van der Waals surface area contributed by atoms with Crippen LogP contribution in [-0.2, 0) is 13.0 Å². The molecule has 1 aromatic carbocycles. The number of para-hydroxylation sites is 1. The van der Waals surface area contributed by atoms with Gasteiger partial charge in [0.1, 0.15) is 15.9 Å². The van der Waals surface area contributed by atoms with Crippen molar-refractivity contribution in [2.75, 3.05) is 19.0 Å². The van der Waals surface area contributed by atoms with E-state index in [4.69, 9.17) is 9.47 Å². The lowest BCUT2D eigenvalue weighted by Gasteiger charge is -2.13. The molecule has 0 fully saturated rings. The highest BCUT2D eigenvalue weighted by Gasteiger charge is 2.14. The third kappa shape index (κ3) is 5.10. The number of nitrogens with zero attached hydrogens (tertiary/aromatic N) is 2. The van der Waals surface area contributed by atoms with Crippen LogP contribution in [0.2, 0.25) is 0 Å². The molecule has 0 aliphatic heterocycles. The van der Waals surface area contributed by atoms with Crippen molar-refractivity contribution in [2.24, 2.45) is 0 Å². The minimum absolute atomic E-state index is 0.324. The Kier molecular flexibility index (Phi) is 7.02. The molecule has 0 saturated heterocycles. The second kappa shape index (κ2) is 9.89. The predicted octanol–water partition coefficient (Wildman–Crippen LogP) is 3.56. The SMILES string of the molecule is COc1ccccc1CCCOc1n[nH]c(=O)c(Br)c1NCc1cccnc1. The molecule has 8 heteroatoms. The average Bonchev–Trinajstić information content (AvgIpc) is 2.74. The van der Waals surface area contributed by atoms with Gasteiger partial charge in [0.05, 0.1) is 13.7 Å². The fraction of sp³-hybridized carbons (Fsp3) is 0.250. The molecule has 0 saturated carbocycles. The Balaban J connectivity index is 1.63. The number of anilines is 1. The summed E-state index contributed by atoms with van der Waals surface area (Å²) in [5, 5.41) is 9.67. The highest BCUT2D eigenvalue weighted by Crippen LogP contribution is 2.28. The maximum absolute atomic E-state index is 11.9. The third-order valence-electron chi connectivity index (χ3n) is 4.11. The molecule has 7 nitrogen and oxygen atoms in total. The number of hydrogen-bond donors (Lipinski definition) is 2. The Labute approximate surface area is 171 Å². The van der Waals surface area contributed by atoms with Crippen molar-refractivity contribution in [3.05, 3.63) is 74.7 Å². The summed E-state index contributed by atoms with van der Waals surface area (Å²) in [5.74, 6) is 1.21. The van der Waals surface area contributed by atoms with Crippen molar-refractivity contribution in [1.82, 2.24) is 15.2 Å². The second-order valence-corrected chi connectivity index (χ2v) is 6.82. The molecular weight excluding hydrogens is 424 g/mol. The van der Waals surface area contributed by atoms with Crippen molar-refractivity contribution in [3.63, 3.8) is 0 Å². The van der Waals surface area contributed by atoms with Gasteiger partial charge in [0.2, 0.25) is 0 Å². The minimum Gasteiger partial charge on any atom is -0.496 e. The van der Waals surface area contributed by atoms with E-state index < -0.39 is 0 Å². The number of aryl methyl sites for hydroxylation is 1. The van der Waals surface area contributed by atoms with Crippen LogP contribution in [0.3, 0.4) is 0 Å². The number of benzene rings is 1. The summed E-state index contributed by atoms with van der Waals surface area (Å²) >= 11 is 3.31. The molecule has 0 bridgehead atoms. The molecule has 146 valence electrons. The molecule has 0 atom stereocenters. The van der Waals surface area contributed by atoms with E-state index in [9.17, 15) is 4.79 Å². The lowest BCUT2D eigenvalue weighted by Crippen LogP contribution is -2.16. The van der Waals surface area contributed by atoms with Gasteiger partial charge >= 0.3 is 0 Å². The molecular formula is C20H21BrN4O3. The maximum atomic E-state index is 11.9. The molecule has 0 aliphatic rings. The number of rotatable bonds is 9. The van der Waals surface area contributed by atoms with E-state index in [0.717, 1.165) is 29.7 Å². The molecule has 3 rings (SSSR count). The van der Waals surface area contributed by atoms with E-state index >= 15 is 0 Å². The van der Waals surface area contributed by atoms with Crippen molar-refractivity contribution < 1.29 is 9.47 Å². The number of hydrogen-bond acceptors (Lipinski definition) is 6. The molecule has 2 heterocycles. The van der Waals surface area contributed by atoms with E-state index in [1.165, 1.54) is 0 Å². The molecule has 28 heavy (non-hydrogen) atoms. The van der Waals surface area contributed by atoms with Crippen LogP contribution in [0.25, 0.3) is 0 Å². The molecule has 0 spiro atoms. The predicted molar refractivity (Wildman–Crippen MR) is 111 cm³/mol. The summed E-state index contributed by atoms with van der Waals surface area (Å²) in [6.45, 7) is 0.945. The van der Waals surface area contributed by atoms with Crippen molar-refractivity contribution in [2.45, 2.75) is 19.4 Å². The summed E-state index contributed by atoms with van der Waals surface area (Å²) in [5.41, 5.74) is 2.30. The van der Waals surface area contributed by atoms with Crippen LogP contribution in [0.1, 0.15) is 17.5 Å². The van der Waals surface area contributed by atoms with Gasteiger partial charge < -0.3 is 14.8 Å². The molecule has 2 N–H and O–H groups in total. The number of halogens is 1. The van der Waals surface area contributed by atoms with Crippen LogP contribution in [0.4, 0.5) is 5.69 Å². The van der Waals surface area contributed by atoms with Crippen molar-refractivity contribution in [1.29, 1.82) is 0 Å². The first-order chi connectivity index (χ1) is 13.7. The highest BCUT2D eigenvalue weighted by molar-refractivity contribution is 9.10. The van der Waals surface area contributed by atoms with Crippen molar-refractivity contribution >= 4 is 21.6 Å². The second-order valence-electron chi connectivity index (χ2n) is 6.03. The van der Waals surface area contributed by atoms with Crippen LogP contribution in [0.5, 0.6) is 11.6 Å². The van der Waals surface area contributed by atoms with E-state index in [1.807, 2.05) is 36.4 Å². The highest BCUT2D eigenvalue weighted by atomic mass is 79.9. The smallest absolute Gasteiger partial charge is 0.280 e. The summed E-state index contributed by atoms with van der Waals surface area (Å²) in [7, 11) is 1.66. The zero-order chi connectivity index (χ0) is 19.8. The number of aromatic nitrogens is 3. The summed E-state index contributed by atoms with van der Waals surface area (Å²) < 4.78 is 11.5. The van der Waals surface area contributed by atoms with Crippen LogP contribution in [-0.4, -0.2) is 28.9 Å². The standard InChI is InChI=1S/C20H21BrN4O3/c1-27-16-9-3-2-7-15(16)8-5-11-28-20-18(17(21)19(26)24-25-20)23-13-14-6-4-10-22-12-14/h2-4,6-7,9-10,12H,5,8,11,13H2,1H3,(H2,23,24,26). The van der Waals surface area contributed by atoms with Gasteiger partial charge in [-0.1, -0.05) is 24.3 Å². The summed E-state index contributed by atoms with van der Waals surface area (Å²) in [4.78, 5) is 16.0. The zero-order valence-electron chi connectivity index (χ0n) is 15.4. The number of pyridine rings is 1. The first-order valence-electron chi connectivity index (χ1n) is 8.84.